The van der Waals surface area contributed by atoms with Crippen LogP contribution in [0.4, 0.5) is 22.7 Å². The van der Waals surface area contributed by atoms with Gasteiger partial charge < -0.3 is 10.6 Å². The minimum absolute atomic E-state index is 0.403. The number of non-ortho nitro benzene ring substituents is 4. The summed E-state index contributed by atoms with van der Waals surface area (Å²) in [5.74, 6) is -1.90. The molecule has 0 saturated heterocycles. The Hall–Kier alpha value is -6.58. The van der Waals surface area contributed by atoms with E-state index in [9.17, 15) is 50.0 Å². The van der Waals surface area contributed by atoms with Gasteiger partial charge in [0.15, 0.2) is 0 Å². The Bertz CT molecular complexity index is 1590. The van der Waals surface area contributed by atoms with E-state index in [0.29, 0.717) is 23.3 Å². The van der Waals surface area contributed by atoms with E-state index in [0.717, 1.165) is 24.3 Å². The predicted molar refractivity (Wildman–Crippen MR) is 153 cm³/mol. The Morgan fingerprint density at radius 3 is 1.00 bits per heavy atom. The molecule has 0 aromatic heterocycles. The van der Waals surface area contributed by atoms with Gasteiger partial charge in [-0.15, -0.1) is 0 Å². The van der Waals surface area contributed by atoms with Gasteiger partial charge in [0.2, 0.25) is 0 Å². The van der Waals surface area contributed by atoms with Crippen molar-refractivity contribution in [3.8, 4) is 0 Å². The van der Waals surface area contributed by atoms with E-state index < -0.39 is 77.5 Å². The van der Waals surface area contributed by atoms with Crippen LogP contribution < -0.4 is 10.6 Å². The Morgan fingerprint density at radius 1 is 0.477 bits per heavy atom. The van der Waals surface area contributed by atoms with E-state index in [2.05, 4.69) is 10.6 Å². The van der Waals surface area contributed by atoms with Gasteiger partial charge in [-0.05, 0) is 11.1 Å². The minimum Gasteiger partial charge on any atom is -0.343 e. The summed E-state index contributed by atoms with van der Waals surface area (Å²) in [5.41, 5.74) is -2.72. The molecular weight excluding hydrogens is 580 g/mol. The zero-order valence-electron chi connectivity index (χ0n) is 22.3. The summed E-state index contributed by atoms with van der Waals surface area (Å²) in [6, 6.07) is 19.0. The third-order valence-corrected chi connectivity index (χ3v) is 6.40. The van der Waals surface area contributed by atoms with Crippen molar-refractivity contribution in [2.45, 2.75) is 12.1 Å². The third-order valence-electron chi connectivity index (χ3n) is 6.40. The molecule has 16 nitrogen and oxygen atoms in total. The first kappa shape index (κ1) is 30.4. The van der Waals surface area contributed by atoms with Crippen molar-refractivity contribution in [1.82, 2.24) is 10.6 Å². The molecule has 0 heterocycles. The highest BCUT2D eigenvalue weighted by molar-refractivity contribution is 5.97. The van der Waals surface area contributed by atoms with Crippen molar-refractivity contribution in [3.63, 3.8) is 0 Å². The largest absolute Gasteiger partial charge is 0.343 e. The molecule has 16 heteroatoms. The molecule has 4 aromatic carbocycles. The number of benzene rings is 4. The fourth-order valence-electron chi connectivity index (χ4n) is 4.36. The van der Waals surface area contributed by atoms with Crippen molar-refractivity contribution in [3.05, 3.63) is 160 Å². The monoisotopic (exact) mass is 600 g/mol. The molecule has 0 bridgehead atoms. The molecule has 44 heavy (non-hydrogen) atoms. The summed E-state index contributed by atoms with van der Waals surface area (Å²) >= 11 is 0. The lowest BCUT2D eigenvalue weighted by Gasteiger charge is -2.30. The number of carbonyl (C=O) groups excluding carboxylic acids is 2. The topological polar surface area (TPSA) is 231 Å². The van der Waals surface area contributed by atoms with Gasteiger partial charge in [0.1, 0.15) is 0 Å². The molecule has 0 spiro atoms. The number of nitrogens with zero attached hydrogens (tertiary/aromatic N) is 4. The second-order valence-electron chi connectivity index (χ2n) is 9.23. The maximum absolute atomic E-state index is 13.5. The molecule has 2 atom stereocenters. The molecule has 0 aliphatic carbocycles. The third kappa shape index (κ3) is 7.00. The van der Waals surface area contributed by atoms with Gasteiger partial charge in [-0.25, -0.2) is 0 Å². The molecule has 0 saturated carbocycles. The van der Waals surface area contributed by atoms with Crippen LogP contribution in [0.1, 0.15) is 43.9 Å². The van der Waals surface area contributed by atoms with Crippen LogP contribution in [0.15, 0.2) is 97.1 Å². The maximum Gasteiger partial charge on any atom is 0.277 e. The summed E-state index contributed by atoms with van der Waals surface area (Å²) in [5, 5.41) is 50.9. The summed E-state index contributed by atoms with van der Waals surface area (Å²) in [6.45, 7) is 0. The molecule has 0 aliphatic rings. The van der Waals surface area contributed by atoms with E-state index in [-0.39, 0.29) is 0 Å². The van der Waals surface area contributed by atoms with Gasteiger partial charge in [-0.3, -0.25) is 50.0 Å². The van der Waals surface area contributed by atoms with Crippen LogP contribution in [0.5, 0.6) is 0 Å². The molecule has 2 N–H and O–H groups in total. The Labute approximate surface area is 246 Å². The van der Waals surface area contributed by atoms with E-state index in [4.69, 9.17) is 0 Å². The highest BCUT2D eigenvalue weighted by Crippen LogP contribution is 2.32. The standard InChI is InChI=1S/C28H20N6O10/c35-27(19-11-21(31(37)38)15-22(12-19)32(39)40)29-25(17-7-3-1-4-8-17)26(18-9-5-2-6-10-18)30-28(36)20-13-23(33(41)42)16-24(14-20)34(43)44/h1-16,25-26H,(H,29,35)(H,30,36)/t25-,26+. The zero-order valence-corrected chi connectivity index (χ0v) is 22.3. The van der Waals surface area contributed by atoms with Crippen LogP contribution >= 0.6 is 0 Å². The van der Waals surface area contributed by atoms with E-state index in [1.54, 1.807) is 60.7 Å². The Morgan fingerprint density at radius 2 is 0.750 bits per heavy atom. The minimum atomic E-state index is -1.12. The SMILES string of the molecule is O=C(N[C@H](c1ccccc1)[C@@H](NC(=O)c1cc([N+](=O)[O-])cc([N+](=O)[O-])c1)c1ccccc1)c1cc([N+](=O)[O-])cc([N+](=O)[O-])c1. The second kappa shape index (κ2) is 12.9. The lowest BCUT2D eigenvalue weighted by Crippen LogP contribution is -2.41. The van der Waals surface area contributed by atoms with Gasteiger partial charge in [0.25, 0.3) is 34.6 Å². The van der Waals surface area contributed by atoms with Crippen LogP contribution in [-0.2, 0) is 0 Å². The summed E-state index contributed by atoms with van der Waals surface area (Å²) in [6.07, 6.45) is 0. The zero-order chi connectivity index (χ0) is 32.0. The smallest absolute Gasteiger partial charge is 0.277 e. The normalized spacial score (nSPS) is 11.9. The van der Waals surface area contributed by atoms with Crippen LogP contribution in [0, 0.1) is 40.5 Å². The van der Waals surface area contributed by atoms with Crippen molar-refractivity contribution in [2.75, 3.05) is 0 Å². The first-order valence-electron chi connectivity index (χ1n) is 12.5. The highest BCUT2D eigenvalue weighted by atomic mass is 16.6. The lowest BCUT2D eigenvalue weighted by molar-refractivity contribution is -0.394. The first-order valence-corrected chi connectivity index (χ1v) is 12.5. The van der Waals surface area contributed by atoms with Gasteiger partial charge >= 0.3 is 0 Å². The van der Waals surface area contributed by atoms with Gasteiger partial charge in [-0.2, -0.15) is 0 Å². The molecule has 0 fully saturated rings. The molecule has 222 valence electrons. The average Bonchev–Trinajstić information content (AvgIpc) is 3.02. The lowest BCUT2D eigenvalue weighted by atomic mass is 9.92. The molecule has 4 aromatic rings. The molecule has 0 radical (unpaired) electrons. The van der Waals surface area contributed by atoms with Crippen molar-refractivity contribution in [1.29, 1.82) is 0 Å². The Kier molecular flexibility index (Phi) is 8.94. The Balaban J connectivity index is 1.81. The summed E-state index contributed by atoms with van der Waals surface area (Å²) < 4.78 is 0. The molecule has 0 unspecified atom stereocenters. The van der Waals surface area contributed by atoms with Crippen LogP contribution in [-0.4, -0.2) is 31.5 Å². The van der Waals surface area contributed by atoms with Crippen LogP contribution in [0.2, 0.25) is 0 Å². The maximum atomic E-state index is 13.5. The fraction of sp³-hybridized carbons (Fsp3) is 0.0714. The van der Waals surface area contributed by atoms with Crippen molar-refractivity contribution in [2.24, 2.45) is 0 Å². The molecule has 0 aliphatic heterocycles. The van der Waals surface area contributed by atoms with E-state index >= 15 is 0 Å². The van der Waals surface area contributed by atoms with Crippen molar-refractivity contribution >= 4 is 34.6 Å². The molecular formula is C28H20N6O10. The van der Waals surface area contributed by atoms with Crippen molar-refractivity contribution < 1.29 is 29.3 Å². The summed E-state index contributed by atoms with van der Waals surface area (Å²) in [4.78, 5) is 69.0. The number of hydrogen-bond donors (Lipinski definition) is 2. The van der Waals surface area contributed by atoms with Crippen LogP contribution in [0.25, 0.3) is 0 Å². The van der Waals surface area contributed by atoms with Gasteiger partial charge in [-0.1, -0.05) is 60.7 Å². The highest BCUT2D eigenvalue weighted by Gasteiger charge is 2.31. The molecule has 4 rings (SSSR count). The van der Waals surface area contributed by atoms with Gasteiger partial charge in [0, 0.05) is 24.3 Å². The van der Waals surface area contributed by atoms with E-state index in [1.807, 2.05) is 0 Å². The molecule has 2 amide bonds. The number of hydrogen-bond acceptors (Lipinski definition) is 10. The number of nitro benzene ring substituents is 4. The number of rotatable bonds is 11. The number of nitro groups is 4. The number of nitrogens with one attached hydrogen (secondary N) is 2. The average molecular weight is 601 g/mol. The van der Waals surface area contributed by atoms with Gasteiger partial charge in [0.05, 0.1) is 55.0 Å². The van der Waals surface area contributed by atoms with E-state index in [1.165, 1.54) is 0 Å². The number of amides is 2. The first-order chi connectivity index (χ1) is 20.9. The number of carbonyl (C=O) groups is 2. The second-order valence-corrected chi connectivity index (χ2v) is 9.23. The van der Waals surface area contributed by atoms with Crippen LogP contribution in [0.3, 0.4) is 0 Å². The summed E-state index contributed by atoms with van der Waals surface area (Å²) in [7, 11) is 0. The fourth-order valence-corrected chi connectivity index (χ4v) is 4.36. The predicted octanol–water partition coefficient (Wildman–Crippen LogP) is 4.96. The quantitative estimate of drug-likeness (QED) is 0.173.